The summed E-state index contributed by atoms with van der Waals surface area (Å²) in [5.41, 5.74) is 2.19. The van der Waals surface area contributed by atoms with Gasteiger partial charge >= 0.3 is 0 Å². The average Bonchev–Trinajstić information content (AvgIpc) is 3.29. The number of furan rings is 1. The predicted octanol–water partition coefficient (Wildman–Crippen LogP) is 5.05. The minimum absolute atomic E-state index is 0.190. The van der Waals surface area contributed by atoms with Crippen molar-refractivity contribution in [1.82, 2.24) is 10.3 Å². The second-order valence-corrected chi connectivity index (χ2v) is 6.92. The molecule has 2 aromatic carbocycles. The van der Waals surface area contributed by atoms with Crippen molar-refractivity contribution in [3.05, 3.63) is 77.9 Å². The highest BCUT2D eigenvalue weighted by molar-refractivity contribution is 5.99. The molecule has 0 fully saturated rings. The van der Waals surface area contributed by atoms with E-state index in [0.29, 0.717) is 40.6 Å². The first-order chi connectivity index (χ1) is 15.6. The second-order valence-electron chi connectivity index (χ2n) is 6.92. The molecule has 0 aliphatic rings. The van der Waals surface area contributed by atoms with E-state index in [1.165, 1.54) is 18.4 Å². The van der Waals surface area contributed by atoms with Crippen molar-refractivity contribution in [3.63, 3.8) is 0 Å². The lowest BCUT2D eigenvalue weighted by molar-refractivity contribution is 0.0946. The van der Waals surface area contributed by atoms with Crippen molar-refractivity contribution in [2.24, 2.45) is 0 Å². The van der Waals surface area contributed by atoms with E-state index in [2.05, 4.69) is 15.6 Å². The van der Waals surface area contributed by atoms with Gasteiger partial charge in [0.2, 0.25) is 0 Å². The van der Waals surface area contributed by atoms with Crippen LogP contribution in [0.3, 0.4) is 0 Å². The van der Waals surface area contributed by atoms with Crippen molar-refractivity contribution in [2.45, 2.75) is 13.5 Å². The van der Waals surface area contributed by atoms with E-state index >= 15 is 0 Å². The van der Waals surface area contributed by atoms with Gasteiger partial charge in [-0.3, -0.25) is 4.79 Å². The van der Waals surface area contributed by atoms with E-state index in [-0.39, 0.29) is 24.0 Å². The molecular weight excluding hydrogens is 413 g/mol. The second kappa shape index (κ2) is 9.38. The Morgan fingerprint density at radius 1 is 1.09 bits per heavy atom. The van der Waals surface area contributed by atoms with E-state index in [9.17, 15) is 9.18 Å². The number of nitrogens with one attached hydrogen (secondary N) is 2. The van der Waals surface area contributed by atoms with Crippen LogP contribution in [0.5, 0.6) is 11.5 Å². The van der Waals surface area contributed by atoms with Crippen LogP contribution < -0.4 is 20.1 Å². The van der Waals surface area contributed by atoms with Gasteiger partial charge in [-0.2, -0.15) is 0 Å². The summed E-state index contributed by atoms with van der Waals surface area (Å²) < 4.78 is 29.6. The van der Waals surface area contributed by atoms with Gasteiger partial charge in [0.1, 0.15) is 22.9 Å². The molecule has 0 atom stereocenters. The summed E-state index contributed by atoms with van der Waals surface area (Å²) in [5, 5.41) is 6.68. The fraction of sp³-hybridized carbons (Fsp3) is 0.167. The number of amides is 1. The number of rotatable bonds is 8. The van der Waals surface area contributed by atoms with Crippen molar-refractivity contribution >= 4 is 28.4 Å². The van der Waals surface area contributed by atoms with E-state index < -0.39 is 0 Å². The summed E-state index contributed by atoms with van der Waals surface area (Å²) in [6, 6.07) is 14.7. The van der Waals surface area contributed by atoms with Crippen LogP contribution in [0.25, 0.3) is 11.0 Å². The largest absolute Gasteiger partial charge is 0.493 e. The summed E-state index contributed by atoms with van der Waals surface area (Å²) >= 11 is 0. The number of anilines is 2. The van der Waals surface area contributed by atoms with Gasteiger partial charge in [-0.15, -0.1) is 0 Å². The number of hydrogen-bond acceptors (Lipinski definition) is 6. The Bertz CT molecular complexity index is 1240. The van der Waals surface area contributed by atoms with Crippen LogP contribution in [0.15, 0.2) is 65.3 Å². The van der Waals surface area contributed by atoms with Gasteiger partial charge in [-0.1, -0.05) is 6.07 Å². The molecule has 7 nitrogen and oxygen atoms in total. The molecule has 0 saturated heterocycles. The number of pyridine rings is 1. The zero-order valence-electron chi connectivity index (χ0n) is 17.6. The van der Waals surface area contributed by atoms with Crippen molar-refractivity contribution in [2.75, 3.05) is 19.0 Å². The number of ether oxygens (including phenoxy) is 2. The van der Waals surface area contributed by atoms with Crippen LogP contribution in [0.4, 0.5) is 15.9 Å². The average molecular weight is 435 g/mol. The molecule has 32 heavy (non-hydrogen) atoms. The molecule has 1 amide bonds. The molecule has 0 radical (unpaired) electrons. The maximum atomic E-state index is 13.2. The van der Waals surface area contributed by atoms with E-state index in [1.807, 2.05) is 25.1 Å². The number of carbonyl (C=O) groups is 1. The topological polar surface area (TPSA) is 85.6 Å². The summed E-state index contributed by atoms with van der Waals surface area (Å²) in [6.07, 6.45) is 1.52. The fourth-order valence-electron chi connectivity index (χ4n) is 3.22. The van der Waals surface area contributed by atoms with Crippen molar-refractivity contribution in [1.29, 1.82) is 0 Å². The molecule has 0 saturated carbocycles. The van der Waals surface area contributed by atoms with Crippen molar-refractivity contribution in [3.8, 4) is 11.5 Å². The van der Waals surface area contributed by atoms with Gasteiger partial charge in [-0.25, -0.2) is 9.37 Å². The van der Waals surface area contributed by atoms with Crippen LogP contribution >= 0.6 is 0 Å². The zero-order valence-corrected chi connectivity index (χ0v) is 17.6. The van der Waals surface area contributed by atoms with Gasteiger partial charge in [-0.05, 0) is 55.0 Å². The molecule has 2 heterocycles. The summed E-state index contributed by atoms with van der Waals surface area (Å²) in [7, 11) is 1.57. The van der Waals surface area contributed by atoms with Gasteiger partial charge in [0.15, 0.2) is 11.5 Å². The standard InChI is InChI=1S/C24H22FN3O4/c1-3-31-20-9-4-15(12-22(20)30-2)14-26-24(29)19-13-21-18(10-11-32-21)23(28-19)27-17-7-5-16(25)6-8-17/h4-13H,3,14H2,1-2H3,(H,26,29)(H,27,28). The molecule has 164 valence electrons. The summed E-state index contributed by atoms with van der Waals surface area (Å²) in [6.45, 7) is 2.71. The normalized spacial score (nSPS) is 10.7. The molecule has 0 bridgehead atoms. The SMILES string of the molecule is CCOc1ccc(CNC(=O)c2cc3occc3c(Nc3ccc(F)cc3)n2)cc1OC. The number of methoxy groups -OCH3 is 1. The first kappa shape index (κ1) is 21.2. The molecule has 4 rings (SSSR count). The molecule has 2 aromatic heterocycles. The third kappa shape index (κ3) is 4.64. The van der Waals surface area contributed by atoms with Gasteiger partial charge < -0.3 is 24.5 Å². The van der Waals surface area contributed by atoms with Crippen LogP contribution in [-0.4, -0.2) is 24.6 Å². The molecule has 2 N–H and O–H groups in total. The lowest BCUT2D eigenvalue weighted by Crippen LogP contribution is -2.24. The van der Waals surface area contributed by atoms with Crippen LogP contribution in [-0.2, 0) is 6.54 Å². The molecule has 0 aliphatic carbocycles. The molecule has 0 aliphatic heterocycles. The zero-order chi connectivity index (χ0) is 22.5. The fourth-order valence-corrected chi connectivity index (χ4v) is 3.22. The van der Waals surface area contributed by atoms with Gasteiger partial charge in [0.25, 0.3) is 5.91 Å². The van der Waals surface area contributed by atoms with Crippen LogP contribution in [0.2, 0.25) is 0 Å². The van der Waals surface area contributed by atoms with Crippen LogP contribution in [0.1, 0.15) is 23.0 Å². The monoisotopic (exact) mass is 435 g/mol. The van der Waals surface area contributed by atoms with Gasteiger partial charge in [0.05, 0.1) is 25.4 Å². The molecule has 8 heteroatoms. The summed E-state index contributed by atoms with van der Waals surface area (Å²) in [5.74, 6) is 0.983. The van der Waals surface area contributed by atoms with Gasteiger partial charge in [0, 0.05) is 18.3 Å². The first-order valence-electron chi connectivity index (χ1n) is 10.1. The van der Waals surface area contributed by atoms with Crippen LogP contribution in [0, 0.1) is 5.82 Å². The number of hydrogen-bond donors (Lipinski definition) is 2. The Kier molecular flexibility index (Phi) is 6.21. The van der Waals surface area contributed by atoms with E-state index in [0.717, 1.165) is 5.56 Å². The third-order valence-corrected chi connectivity index (χ3v) is 4.77. The third-order valence-electron chi connectivity index (χ3n) is 4.77. The Morgan fingerprint density at radius 3 is 2.66 bits per heavy atom. The minimum Gasteiger partial charge on any atom is -0.493 e. The number of nitrogens with zero attached hydrogens (tertiary/aromatic N) is 1. The maximum absolute atomic E-state index is 13.2. The van der Waals surface area contributed by atoms with E-state index in [4.69, 9.17) is 13.9 Å². The molecular formula is C24H22FN3O4. The lowest BCUT2D eigenvalue weighted by Gasteiger charge is -2.12. The quantitative estimate of drug-likeness (QED) is 0.403. The Balaban J connectivity index is 1.53. The smallest absolute Gasteiger partial charge is 0.270 e. The number of aromatic nitrogens is 1. The number of carbonyl (C=O) groups excluding carboxylic acids is 1. The molecule has 0 spiro atoms. The highest BCUT2D eigenvalue weighted by atomic mass is 19.1. The van der Waals surface area contributed by atoms with Crippen molar-refractivity contribution < 1.29 is 23.1 Å². The predicted molar refractivity (Wildman–Crippen MR) is 119 cm³/mol. The first-order valence-corrected chi connectivity index (χ1v) is 10.1. The Morgan fingerprint density at radius 2 is 1.91 bits per heavy atom. The molecule has 4 aromatic rings. The maximum Gasteiger partial charge on any atom is 0.270 e. The highest BCUT2D eigenvalue weighted by Gasteiger charge is 2.15. The number of halogens is 1. The van der Waals surface area contributed by atoms with E-state index in [1.54, 1.807) is 31.4 Å². The molecule has 0 unspecified atom stereocenters. The highest BCUT2D eigenvalue weighted by Crippen LogP contribution is 2.29. The Labute approximate surface area is 184 Å². The number of benzene rings is 2. The Hall–Kier alpha value is -4.07. The summed E-state index contributed by atoms with van der Waals surface area (Å²) in [4.78, 5) is 17.3. The minimum atomic E-state index is -0.363. The number of fused-ring (bicyclic) bond motifs is 1. The lowest BCUT2D eigenvalue weighted by atomic mass is 10.2.